The number of carbonyl (C=O) groups is 1. The van der Waals surface area contributed by atoms with Crippen molar-refractivity contribution in [1.82, 2.24) is 19.4 Å². The Morgan fingerprint density at radius 3 is 2.51 bits per heavy atom. The fourth-order valence-electron chi connectivity index (χ4n) is 6.00. The summed E-state index contributed by atoms with van der Waals surface area (Å²) in [5, 5.41) is 12.8. The maximum atomic E-state index is 13.1. The number of aliphatic hydroxyl groups excluding tert-OH is 1. The number of aliphatic hydroxyl groups is 1. The first-order chi connectivity index (χ1) is 21.8. The number of nitrogens with zero attached hydrogens (tertiary/aromatic N) is 4. The molecule has 4 aromatic rings. The van der Waals surface area contributed by atoms with E-state index in [1.165, 1.54) is 0 Å². The number of thioether (sulfide) groups is 1. The third-order valence-electron chi connectivity index (χ3n) is 8.50. The molecule has 2 heterocycles. The van der Waals surface area contributed by atoms with Crippen molar-refractivity contribution in [2.45, 2.75) is 49.0 Å². The van der Waals surface area contributed by atoms with Gasteiger partial charge in [-0.1, -0.05) is 53.5 Å². The highest BCUT2D eigenvalue weighted by molar-refractivity contribution is 8.00. The van der Waals surface area contributed by atoms with Crippen molar-refractivity contribution in [3.05, 3.63) is 94.2 Å². The minimum Gasteiger partial charge on any atom is -0.385 e. The topological polar surface area (TPSA) is 70.8 Å². The Bertz CT molecular complexity index is 1540. The van der Waals surface area contributed by atoms with Gasteiger partial charge in [-0.05, 0) is 94.2 Å². The number of ether oxygens (including phenoxy) is 1. The average Bonchev–Trinajstić information content (AvgIpc) is 3.44. The number of rotatable bonds is 14. The molecule has 10 heteroatoms. The van der Waals surface area contributed by atoms with Crippen LogP contribution in [0.15, 0.2) is 77.7 Å². The van der Waals surface area contributed by atoms with Gasteiger partial charge in [-0.15, -0.1) is 11.8 Å². The van der Waals surface area contributed by atoms with E-state index in [4.69, 9.17) is 32.9 Å². The lowest BCUT2D eigenvalue weighted by molar-refractivity contribution is 0.0489. The highest BCUT2D eigenvalue weighted by atomic mass is 35.5. The lowest BCUT2D eigenvalue weighted by atomic mass is 9.90. The second-order valence-corrected chi connectivity index (χ2v) is 13.8. The van der Waals surface area contributed by atoms with Crippen molar-refractivity contribution in [1.29, 1.82) is 0 Å². The second-order valence-electron chi connectivity index (χ2n) is 11.6. The fraction of sp³-hybridized carbons (Fsp3) is 0.429. The third kappa shape index (κ3) is 8.82. The molecule has 5 rings (SSSR count). The Kier molecular flexibility index (Phi) is 12.2. The van der Waals surface area contributed by atoms with E-state index in [1.54, 1.807) is 11.8 Å². The maximum absolute atomic E-state index is 13.1. The first kappa shape index (κ1) is 33.8. The summed E-state index contributed by atoms with van der Waals surface area (Å²) in [6, 6.07) is 23.2. The summed E-state index contributed by atoms with van der Waals surface area (Å²) in [6.45, 7) is 7.23. The molecular weight excluding hydrogens is 627 g/mol. The van der Waals surface area contributed by atoms with Crippen molar-refractivity contribution >= 4 is 51.9 Å². The molecule has 1 fully saturated rings. The molecule has 1 amide bonds. The van der Waals surface area contributed by atoms with Crippen LogP contribution in [0.2, 0.25) is 10.0 Å². The average molecular weight is 670 g/mol. The molecule has 0 bridgehead atoms. The van der Waals surface area contributed by atoms with Crippen LogP contribution in [0.4, 0.5) is 0 Å². The minimum atomic E-state index is -0.628. The molecule has 240 valence electrons. The van der Waals surface area contributed by atoms with Gasteiger partial charge in [0.05, 0.1) is 27.7 Å². The van der Waals surface area contributed by atoms with Crippen LogP contribution in [-0.2, 0) is 11.3 Å². The molecule has 0 radical (unpaired) electrons. The monoisotopic (exact) mass is 668 g/mol. The smallest absolute Gasteiger partial charge is 0.253 e. The summed E-state index contributed by atoms with van der Waals surface area (Å²) in [4.78, 5) is 23.3. The number of aromatic nitrogens is 2. The summed E-state index contributed by atoms with van der Waals surface area (Å²) >= 11 is 14.2. The Hall–Kier alpha value is -2.59. The Labute approximate surface area is 280 Å². The van der Waals surface area contributed by atoms with E-state index in [1.807, 2.05) is 85.6 Å². The zero-order valence-corrected chi connectivity index (χ0v) is 28.3. The largest absolute Gasteiger partial charge is 0.385 e. The molecule has 1 saturated heterocycles. The van der Waals surface area contributed by atoms with Crippen LogP contribution < -0.4 is 0 Å². The summed E-state index contributed by atoms with van der Waals surface area (Å²) in [6.07, 6.45) is 2.06. The summed E-state index contributed by atoms with van der Waals surface area (Å²) in [5.41, 5.74) is 2.62. The van der Waals surface area contributed by atoms with Gasteiger partial charge in [-0.25, -0.2) is 4.98 Å². The quantitative estimate of drug-likeness (QED) is 0.111. The molecule has 2 atom stereocenters. The summed E-state index contributed by atoms with van der Waals surface area (Å²) < 4.78 is 7.76. The predicted octanol–water partition coefficient (Wildman–Crippen LogP) is 7.45. The van der Waals surface area contributed by atoms with Gasteiger partial charge in [0, 0.05) is 42.5 Å². The number of amides is 1. The van der Waals surface area contributed by atoms with Crippen molar-refractivity contribution in [2.75, 3.05) is 46.4 Å². The second kappa shape index (κ2) is 16.3. The normalized spacial score (nSPS) is 15.8. The van der Waals surface area contributed by atoms with Gasteiger partial charge in [0.25, 0.3) is 5.91 Å². The van der Waals surface area contributed by atoms with E-state index in [-0.39, 0.29) is 17.1 Å². The zero-order valence-electron chi connectivity index (χ0n) is 25.9. The SMILES string of the molecule is CCOCCn1c(C(O)C2CCN(CCC(CN(C)C(=O)c3ccccc3)Sc3ccc(Cl)c(Cl)c3)CC2)nc2ccccc21. The number of imidazole rings is 1. The molecule has 0 aliphatic carbocycles. The Balaban J connectivity index is 1.21. The number of benzene rings is 3. The van der Waals surface area contributed by atoms with Gasteiger partial charge in [0.15, 0.2) is 0 Å². The molecule has 0 saturated carbocycles. The fourth-order valence-corrected chi connectivity index (χ4v) is 7.61. The van der Waals surface area contributed by atoms with Gasteiger partial charge in [0.1, 0.15) is 11.9 Å². The van der Waals surface area contributed by atoms with E-state index in [0.29, 0.717) is 41.9 Å². The van der Waals surface area contributed by atoms with Crippen molar-refractivity contribution in [3.8, 4) is 0 Å². The van der Waals surface area contributed by atoms with E-state index >= 15 is 0 Å². The van der Waals surface area contributed by atoms with Crippen LogP contribution in [-0.4, -0.2) is 82.1 Å². The highest BCUT2D eigenvalue weighted by Gasteiger charge is 2.30. The molecule has 0 spiro atoms. The molecule has 1 aliphatic rings. The van der Waals surface area contributed by atoms with Crippen molar-refractivity contribution < 1.29 is 14.6 Å². The van der Waals surface area contributed by atoms with Gasteiger partial charge < -0.3 is 24.2 Å². The molecule has 7 nitrogen and oxygen atoms in total. The molecule has 45 heavy (non-hydrogen) atoms. The molecule has 1 aromatic heterocycles. The van der Waals surface area contributed by atoms with Crippen LogP contribution >= 0.6 is 35.0 Å². The van der Waals surface area contributed by atoms with Crippen LogP contribution in [0, 0.1) is 5.92 Å². The number of fused-ring (bicyclic) bond motifs is 1. The van der Waals surface area contributed by atoms with Gasteiger partial charge in [-0.2, -0.15) is 0 Å². The van der Waals surface area contributed by atoms with E-state index < -0.39 is 6.10 Å². The maximum Gasteiger partial charge on any atom is 0.253 e. The number of hydrogen-bond acceptors (Lipinski definition) is 6. The molecular formula is C35H42Cl2N4O3S. The molecule has 1 aliphatic heterocycles. The van der Waals surface area contributed by atoms with Gasteiger partial charge in [0.2, 0.25) is 0 Å². The number of hydrogen-bond donors (Lipinski definition) is 1. The third-order valence-corrected chi connectivity index (χ3v) is 10.5. The number of piperidine rings is 1. The minimum absolute atomic E-state index is 0.0115. The molecule has 2 unspecified atom stereocenters. The number of para-hydroxylation sites is 2. The molecule has 1 N–H and O–H groups in total. The summed E-state index contributed by atoms with van der Waals surface area (Å²) in [5.74, 6) is 0.885. The Morgan fingerprint density at radius 2 is 1.78 bits per heavy atom. The first-order valence-corrected chi connectivity index (χ1v) is 17.3. The van der Waals surface area contributed by atoms with E-state index in [0.717, 1.165) is 60.7 Å². The predicted molar refractivity (Wildman–Crippen MR) is 184 cm³/mol. The summed E-state index contributed by atoms with van der Waals surface area (Å²) in [7, 11) is 1.87. The first-order valence-electron chi connectivity index (χ1n) is 15.7. The van der Waals surface area contributed by atoms with Gasteiger partial charge >= 0.3 is 0 Å². The van der Waals surface area contributed by atoms with E-state index in [2.05, 4.69) is 15.5 Å². The number of halogens is 2. The number of carbonyl (C=O) groups excluding carboxylic acids is 1. The highest BCUT2D eigenvalue weighted by Crippen LogP contribution is 2.34. The lowest BCUT2D eigenvalue weighted by Crippen LogP contribution is -2.39. The van der Waals surface area contributed by atoms with Crippen molar-refractivity contribution in [3.63, 3.8) is 0 Å². The zero-order chi connectivity index (χ0) is 31.8. The van der Waals surface area contributed by atoms with Crippen LogP contribution in [0.5, 0.6) is 0 Å². The van der Waals surface area contributed by atoms with Crippen LogP contribution in [0.25, 0.3) is 11.0 Å². The van der Waals surface area contributed by atoms with Crippen LogP contribution in [0.1, 0.15) is 48.5 Å². The standard InChI is InChI=1S/C35H42Cl2N4O3S/c1-3-44-22-21-41-32-12-8-7-11-31(32)38-34(41)33(42)25-15-18-40(19-16-25)20-17-28(45-27-13-14-29(36)30(37)23-27)24-39(2)35(43)26-9-5-4-6-10-26/h4-14,23,25,28,33,42H,3,15-22,24H2,1-2H3. The lowest BCUT2D eigenvalue weighted by Gasteiger charge is -2.35. The Morgan fingerprint density at radius 1 is 1.04 bits per heavy atom. The van der Waals surface area contributed by atoms with Gasteiger partial charge in [-0.3, -0.25) is 4.79 Å². The van der Waals surface area contributed by atoms with E-state index in [9.17, 15) is 9.90 Å². The van der Waals surface area contributed by atoms with Crippen molar-refractivity contribution in [2.24, 2.45) is 5.92 Å². The molecule has 3 aromatic carbocycles. The van der Waals surface area contributed by atoms with Crippen LogP contribution in [0.3, 0.4) is 0 Å². The number of likely N-dealkylation sites (tertiary alicyclic amines) is 1.